The zero-order chi connectivity index (χ0) is 21.6. The van der Waals surface area contributed by atoms with Crippen LogP contribution in [0.15, 0.2) is 12.1 Å². The van der Waals surface area contributed by atoms with E-state index in [1.54, 1.807) is 31.1 Å². The molecule has 30 heavy (non-hydrogen) atoms. The van der Waals surface area contributed by atoms with Crippen LogP contribution in [0.2, 0.25) is 6.32 Å². The summed E-state index contributed by atoms with van der Waals surface area (Å²) < 4.78 is 11.1. The van der Waals surface area contributed by atoms with Crippen LogP contribution < -0.4 is 14.7 Å². The van der Waals surface area contributed by atoms with E-state index in [1.165, 1.54) is 0 Å². The smallest absolute Gasteiger partial charge is 0.430 e. The highest BCUT2D eigenvalue weighted by molar-refractivity contribution is 6.59. The zero-order valence-corrected chi connectivity index (χ0v) is 17.1. The standard InChI is InChI=1S/C19H27BN3O7/c1-22(2)18(24)14-7-12(8-21-14)23-9-13(10-23)29-15-4-3-11-5-6-20(27,28)30-17(11)16(15)19(25)26/h3-4,12-14,21,27-28H,5-10H2,1-2H3,(H,25,26)/q-1/t12-,14-/m1/s1. The van der Waals surface area contributed by atoms with Gasteiger partial charge in [-0.1, -0.05) is 12.4 Å². The van der Waals surface area contributed by atoms with Gasteiger partial charge in [-0.05, 0) is 24.5 Å². The molecule has 3 aliphatic rings. The first-order valence-electron chi connectivity index (χ1n) is 10.2. The van der Waals surface area contributed by atoms with Crippen molar-refractivity contribution >= 4 is 18.6 Å². The van der Waals surface area contributed by atoms with Gasteiger partial charge in [0, 0.05) is 39.8 Å². The van der Waals surface area contributed by atoms with Crippen LogP contribution >= 0.6 is 0 Å². The summed E-state index contributed by atoms with van der Waals surface area (Å²) in [5, 5.41) is 32.6. The predicted molar refractivity (Wildman–Crippen MR) is 108 cm³/mol. The van der Waals surface area contributed by atoms with Crippen molar-refractivity contribution in [2.75, 3.05) is 33.7 Å². The fourth-order valence-electron chi connectivity index (χ4n) is 4.35. The van der Waals surface area contributed by atoms with Gasteiger partial charge in [-0.15, -0.1) is 0 Å². The third-order valence-electron chi connectivity index (χ3n) is 6.04. The topological polar surface area (TPSA) is 132 Å². The van der Waals surface area contributed by atoms with E-state index < -0.39 is 12.7 Å². The fraction of sp³-hybridized carbons (Fsp3) is 0.579. The second-order valence-corrected chi connectivity index (χ2v) is 8.52. The maximum Gasteiger partial charge on any atom is 0.430 e. The Hall–Kier alpha value is -2.34. The van der Waals surface area contributed by atoms with E-state index in [-0.39, 0.29) is 47.5 Å². The highest BCUT2D eigenvalue weighted by Gasteiger charge is 2.40. The van der Waals surface area contributed by atoms with Crippen molar-refractivity contribution in [3.8, 4) is 11.5 Å². The molecule has 10 nitrogen and oxygen atoms in total. The number of nitrogens with zero attached hydrogens (tertiary/aromatic N) is 2. The molecule has 0 spiro atoms. The normalized spacial score (nSPS) is 25.7. The molecular formula is C19H27BN3O7-. The number of benzene rings is 1. The lowest BCUT2D eigenvalue weighted by Crippen LogP contribution is -2.58. The molecule has 0 bridgehead atoms. The molecule has 1 aromatic carbocycles. The Morgan fingerprint density at radius 3 is 2.70 bits per heavy atom. The number of likely N-dealkylation sites (N-methyl/N-ethyl adjacent to an activating group) is 1. The summed E-state index contributed by atoms with van der Waals surface area (Å²) in [5.74, 6) is -1.05. The van der Waals surface area contributed by atoms with Crippen molar-refractivity contribution in [3.63, 3.8) is 0 Å². The number of aryl methyl sites for hydroxylation is 1. The molecule has 0 aliphatic carbocycles. The van der Waals surface area contributed by atoms with Gasteiger partial charge in [-0.3, -0.25) is 9.69 Å². The molecular weight excluding hydrogens is 393 g/mol. The SMILES string of the molecule is CN(C)C(=O)[C@H]1C[C@@H](N2CC(Oc3ccc4c(c3C(=O)O)O[B-](O)(O)CC4)C2)CN1. The Morgan fingerprint density at radius 2 is 2.03 bits per heavy atom. The number of ether oxygens (including phenoxy) is 1. The number of hydrogen-bond acceptors (Lipinski definition) is 8. The fourth-order valence-corrected chi connectivity index (χ4v) is 4.35. The lowest BCUT2D eigenvalue weighted by Gasteiger charge is -2.43. The number of carboxylic acids is 1. The Bertz CT molecular complexity index is 857. The van der Waals surface area contributed by atoms with E-state index >= 15 is 0 Å². The molecule has 0 radical (unpaired) electrons. The number of nitrogens with one attached hydrogen (secondary N) is 1. The summed E-state index contributed by atoms with van der Waals surface area (Å²) in [6.07, 6.45) is 0.887. The quantitative estimate of drug-likeness (QED) is 0.449. The number of rotatable bonds is 5. The van der Waals surface area contributed by atoms with Gasteiger partial charge < -0.3 is 34.8 Å². The minimum Gasteiger partial charge on any atom is -0.669 e. The van der Waals surface area contributed by atoms with E-state index in [1.807, 2.05) is 0 Å². The van der Waals surface area contributed by atoms with Gasteiger partial charge in [-0.25, -0.2) is 4.79 Å². The molecule has 1 amide bonds. The number of hydrogen-bond donors (Lipinski definition) is 4. The van der Waals surface area contributed by atoms with Crippen LogP contribution in [0, 0.1) is 0 Å². The van der Waals surface area contributed by atoms with Crippen molar-refractivity contribution in [2.24, 2.45) is 0 Å². The van der Waals surface area contributed by atoms with Crippen LogP contribution in [0.1, 0.15) is 22.3 Å². The maximum absolute atomic E-state index is 12.1. The van der Waals surface area contributed by atoms with Gasteiger partial charge in [0.2, 0.25) is 5.91 Å². The Balaban J connectivity index is 1.40. The molecule has 4 rings (SSSR count). The summed E-state index contributed by atoms with van der Waals surface area (Å²) in [7, 11) is 3.48. The monoisotopic (exact) mass is 420 g/mol. The van der Waals surface area contributed by atoms with E-state index in [0.717, 1.165) is 13.0 Å². The lowest BCUT2D eigenvalue weighted by atomic mass is 9.70. The van der Waals surface area contributed by atoms with Crippen molar-refractivity contribution in [1.82, 2.24) is 15.1 Å². The Kier molecular flexibility index (Phi) is 5.39. The summed E-state index contributed by atoms with van der Waals surface area (Å²) in [6.45, 7) is -1.09. The largest absolute Gasteiger partial charge is 0.669 e. The summed E-state index contributed by atoms with van der Waals surface area (Å²) >= 11 is 0. The molecule has 11 heteroatoms. The lowest BCUT2D eigenvalue weighted by molar-refractivity contribution is -0.130. The van der Waals surface area contributed by atoms with Crippen molar-refractivity contribution in [3.05, 3.63) is 23.3 Å². The van der Waals surface area contributed by atoms with Crippen LogP contribution in [0.5, 0.6) is 11.5 Å². The van der Waals surface area contributed by atoms with Gasteiger partial charge in [0.05, 0.1) is 11.8 Å². The molecule has 3 aliphatic heterocycles. The predicted octanol–water partition coefficient (Wildman–Crippen LogP) is -0.875. The number of carboxylic acid groups (broad SMARTS) is 1. The number of amides is 1. The number of likely N-dealkylation sites (tertiary alicyclic amines) is 1. The molecule has 2 saturated heterocycles. The first-order valence-corrected chi connectivity index (χ1v) is 10.2. The van der Waals surface area contributed by atoms with Gasteiger partial charge >= 0.3 is 12.7 Å². The van der Waals surface area contributed by atoms with Crippen LogP contribution in [0.4, 0.5) is 0 Å². The number of carbonyl (C=O) groups is 2. The van der Waals surface area contributed by atoms with Gasteiger partial charge in [0.15, 0.2) is 0 Å². The average Bonchev–Trinajstić information content (AvgIpc) is 3.11. The van der Waals surface area contributed by atoms with Crippen LogP contribution in [0.25, 0.3) is 0 Å². The molecule has 0 aromatic heterocycles. The van der Waals surface area contributed by atoms with E-state index in [9.17, 15) is 24.7 Å². The van der Waals surface area contributed by atoms with Gasteiger partial charge in [-0.2, -0.15) is 0 Å². The minimum absolute atomic E-state index is 0.0244. The van der Waals surface area contributed by atoms with E-state index in [2.05, 4.69) is 10.2 Å². The van der Waals surface area contributed by atoms with E-state index in [4.69, 9.17) is 9.39 Å². The van der Waals surface area contributed by atoms with E-state index in [0.29, 0.717) is 25.1 Å². The molecule has 3 heterocycles. The van der Waals surface area contributed by atoms with Crippen LogP contribution in [-0.4, -0.2) is 95.5 Å². The Labute approximate surface area is 174 Å². The minimum atomic E-state index is -3.07. The van der Waals surface area contributed by atoms with Gasteiger partial charge in [0.1, 0.15) is 17.4 Å². The van der Waals surface area contributed by atoms with Crippen LogP contribution in [-0.2, 0) is 11.2 Å². The second kappa shape index (κ2) is 7.73. The highest BCUT2D eigenvalue weighted by atomic mass is 16.6. The first-order chi connectivity index (χ1) is 14.1. The summed E-state index contributed by atoms with van der Waals surface area (Å²) in [4.78, 5) is 27.8. The third-order valence-corrected chi connectivity index (χ3v) is 6.04. The zero-order valence-electron chi connectivity index (χ0n) is 17.1. The molecule has 1 aromatic rings. The van der Waals surface area contributed by atoms with Gasteiger partial charge in [0.25, 0.3) is 0 Å². The molecule has 4 N–H and O–H groups in total. The highest BCUT2D eigenvalue weighted by Crippen LogP contribution is 2.39. The Morgan fingerprint density at radius 1 is 1.30 bits per heavy atom. The molecule has 2 atom stereocenters. The number of aromatic carboxylic acids is 1. The second-order valence-electron chi connectivity index (χ2n) is 8.52. The first kappa shape index (κ1) is 20.9. The number of fused-ring (bicyclic) bond motifs is 1. The van der Waals surface area contributed by atoms with Crippen molar-refractivity contribution < 1.29 is 34.1 Å². The van der Waals surface area contributed by atoms with Crippen LogP contribution in [0.3, 0.4) is 0 Å². The molecule has 2 fully saturated rings. The van der Waals surface area contributed by atoms with Crippen molar-refractivity contribution in [1.29, 1.82) is 0 Å². The number of carbonyl (C=O) groups excluding carboxylic acids is 1. The summed E-state index contributed by atoms with van der Waals surface area (Å²) in [6, 6.07) is 3.36. The average molecular weight is 420 g/mol. The third kappa shape index (κ3) is 3.98. The molecule has 164 valence electrons. The summed E-state index contributed by atoms with van der Waals surface area (Å²) in [5.41, 5.74) is 0.434. The molecule has 0 saturated carbocycles. The maximum atomic E-state index is 12.1. The van der Waals surface area contributed by atoms with Crippen molar-refractivity contribution in [2.45, 2.75) is 37.3 Å². The molecule has 0 unspecified atom stereocenters.